The summed E-state index contributed by atoms with van der Waals surface area (Å²) in [5.74, 6) is -0.600. The number of hydrogen-bond donors (Lipinski definition) is 0. The second-order valence-corrected chi connectivity index (χ2v) is 5.29. The topological polar surface area (TPSA) is 51.5 Å². The van der Waals surface area contributed by atoms with E-state index in [1.165, 1.54) is 0 Å². The molecule has 1 aliphatic heterocycles. The molecule has 1 saturated heterocycles. The third-order valence-corrected chi connectivity index (χ3v) is 3.45. The molecule has 0 N–H and O–H groups in total. The summed E-state index contributed by atoms with van der Waals surface area (Å²) in [6.07, 6.45) is 0. The molecule has 2 rings (SSSR count). The average Bonchev–Trinajstić information content (AvgIpc) is 2.62. The first-order valence-corrected chi connectivity index (χ1v) is 5.80. The molecule has 1 fully saturated rings. The highest BCUT2D eigenvalue weighted by molar-refractivity contribution is 6.62. The number of benzene rings is 1. The third kappa shape index (κ3) is 2.47. The average molecular weight is 265 g/mol. The van der Waals surface area contributed by atoms with Crippen LogP contribution in [0.4, 0.5) is 0 Å². The lowest BCUT2D eigenvalue weighted by Gasteiger charge is -2.32. The van der Waals surface area contributed by atoms with E-state index < -0.39 is 54.8 Å². The predicted molar refractivity (Wildman–Crippen MR) is 73.4 cm³/mol. The lowest BCUT2D eigenvalue weighted by molar-refractivity contribution is 0.00578. The molecule has 1 aromatic carbocycles. The molecule has 0 aliphatic carbocycles. The molecule has 0 spiro atoms. The van der Waals surface area contributed by atoms with Crippen molar-refractivity contribution in [2.45, 2.75) is 38.9 Å². The summed E-state index contributed by atoms with van der Waals surface area (Å²) < 4.78 is 62.3. The van der Waals surface area contributed by atoms with Gasteiger partial charge in [0.05, 0.1) is 38.1 Å². The molecule has 1 aliphatic rings. The first kappa shape index (κ1) is 7.93. The summed E-state index contributed by atoms with van der Waals surface area (Å²) in [7, 11) is -4.06. The van der Waals surface area contributed by atoms with Gasteiger partial charge in [-0.1, -0.05) is 0 Å². The van der Waals surface area contributed by atoms with Gasteiger partial charge in [-0.3, -0.25) is 0 Å². The lowest BCUT2D eigenvalue weighted by Crippen LogP contribution is -2.41. The number of ether oxygens (including phenoxy) is 1. The SMILES string of the molecule is [2H]c1c(C#N)c([2H])c(B2OC(C)(C)C(C)(C)O2)c([2H])c1OC([2H])([2H])[2H]. The highest BCUT2D eigenvalue weighted by atomic mass is 16.7. The summed E-state index contributed by atoms with van der Waals surface area (Å²) in [5, 5.41) is 9.26. The van der Waals surface area contributed by atoms with Crippen LogP contribution in [0.15, 0.2) is 18.1 Å². The van der Waals surface area contributed by atoms with Crippen LogP contribution < -0.4 is 10.2 Å². The van der Waals surface area contributed by atoms with Crippen molar-refractivity contribution in [3.8, 4) is 11.8 Å². The van der Waals surface area contributed by atoms with Gasteiger partial charge in [0.2, 0.25) is 0 Å². The molecule has 100 valence electrons. The Morgan fingerprint density at radius 2 is 1.89 bits per heavy atom. The molecule has 0 aromatic heterocycles. The minimum Gasteiger partial charge on any atom is -0.497 e. The highest BCUT2D eigenvalue weighted by Gasteiger charge is 2.51. The van der Waals surface area contributed by atoms with Crippen molar-refractivity contribution < 1.29 is 22.3 Å². The molecule has 0 saturated carbocycles. The van der Waals surface area contributed by atoms with Gasteiger partial charge >= 0.3 is 7.12 Å². The van der Waals surface area contributed by atoms with Crippen LogP contribution in [-0.4, -0.2) is 25.4 Å². The maximum Gasteiger partial charge on any atom is 0.495 e. The second kappa shape index (κ2) is 4.55. The largest absolute Gasteiger partial charge is 0.497 e. The Kier molecular flexibility index (Phi) is 1.90. The first-order chi connectivity index (χ1) is 11.2. The van der Waals surface area contributed by atoms with Gasteiger partial charge in [0.25, 0.3) is 0 Å². The second-order valence-electron chi connectivity index (χ2n) is 5.29. The van der Waals surface area contributed by atoms with Gasteiger partial charge in [-0.2, -0.15) is 5.26 Å². The minimum atomic E-state index is -2.91. The van der Waals surface area contributed by atoms with E-state index in [0.717, 1.165) is 0 Å². The normalized spacial score (nSPS) is 25.3. The maximum atomic E-state index is 9.26. The molecule has 19 heavy (non-hydrogen) atoms. The van der Waals surface area contributed by atoms with Crippen molar-refractivity contribution in [3.05, 3.63) is 23.7 Å². The molecule has 5 heteroatoms. The Morgan fingerprint density at radius 1 is 1.26 bits per heavy atom. The summed E-state index contributed by atoms with van der Waals surface area (Å²) in [6, 6.07) is 0.153. The van der Waals surface area contributed by atoms with Gasteiger partial charge in [0.1, 0.15) is 5.75 Å². The molecular formula is C14H18BNO3. The number of nitriles is 1. The fraction of sp³-hybridized carbons (Fsp3) is 0.500. The monoisotopic (exact) mass is 265 g/mol. The van der Waals surface area contributed by atoms with Crippen molar-refractivity contribution >= 4 is 12.6 Å². The van der Waals surface area contributed by atoms with Gasteiger partial charge < -0.3 is 14.0 Å². The third-order valence-electron chi connectivity index (χ3n) is 3.45. The van der Waals surface area contributed by atoms with E-state index >= 15 is 0 Å². The van der Waals surface area contributed by atoms with E-state index in [4.69, 9.17) is 22.3 Å². The molecule has 0 unspecified atom stereocenters. The van der Waals surface area contributed by atoms with Crippen LogP contribution in [0.3, 0.4) is 0 Å². The quantitative estimate of drug-likeness (QED) is 0.766. The number of hydrogen-bond acceptors (Lipinski definition) is 4. The van der Waals surface area contributed by atoms with Crippen LogP contribution in [0.1, 0.15) is 41.5 Å². The molecule has 0 bridgehead atoms. The van der Waals surface area contributed by atoms with E-state index in [0.29, 0.717) is 0 Å². The maximum absolute atomic E-state index is 9.26. The molecule has 1 aromatic rings. The molecule has 0 amide bonds. The molecule has 0 atom stereocenters. The number of nitrogens with zero attached hydrogens (tertiary/aromatic N) is 1. The standard InChI is InChI=1S/C14H18BNO3/c1-13(2)14(3,4)19-15(18-13)11-6-10(9-16)7-12(8-11)17-5/h6-8H,1-5H3/i5D3,6D,7D,8D. The van der Waals surface area contributed by atoms with Crippen molar-refractivity contribution in [2.24, 2.45) is 0 Å². The van der Waals surface area contributed by atoms with E-state index in [-0.39, 0.29) is 5.46 Å². The van der Waals surface area contributed by atoms with Gasteiger partial charge in [-0.25, -0.2) is 0 Å². The van der Waals surface area contributed by atoms with Crippen LogP contribution in [0.2, 0.25) is 0 Å². The molecular weight excluding hydrogens is 241 g/mol. The van der Waals surface area contributed by atoms with E-state index in [9.17, 15) is 5.26 Å². The smallest absolute Gasteiger partial charge is 0.495 e. The molecule has 4 nitrogen and oxygen atoms in total. The summed E-state index contributed by atoms with van der Waals surface area (Å²) in [6.45, 7) is 7.13. The Bertz CT molecular complexity index is 741. The Labute approximate surface area is 122 Å². The van der Waals surface area contributed by atoms with Gasteiger partial charge in [-0.15, -0.1) is 0 Å². The predicted octanol–water partition coefficient (Wildman–Crippen LogP) is 1.87. The van der Waals surface area contributed by atoms with E-state index in [1.807, 2.05) is 0 Å². The Balaban J connectivity index is 2.67. The van der Waals surface area contributed by atoms with Gasteiger partial charge in [0, 0.05) is 0 Å². The fourth-order valence-corrected chi connectivity index (χ4v) is 1.65. The zero-order valence-electron chi connectivity index (χ0n) is 17.2. The summed E-state index contributed by atoms with van der Waals surface area (Å²) in [5.41, 5.74) is -2.05. The number of rotatable bonds is 2. The summed E-state index contributed by atoms with van der Waals surface area (Å²) >= 11 is 0. The van der Waals surface area contributed by atoms with Crippen molar-refractivity contribution in [3.63, 3.8) is 0 Å². The molecule has 0 radical (unpaired) electrons. The summed E-state index contributed by atoms with van der Waals surface area (Å²) in [4.78, 5) is 0. The highest BCUT2D eigenvalue weighted by Crippen LogP contribution is 2.36. The number of methoxy groups -OCH3 is 1. The zero-order chi connectivity index (χ0) is 19.4. The van der Waals surface area contributed by atoms with Crippen molar-refractivity contribution in [2.75, 3.05) is 7.04 Å². The Hall–Kier alpha value is -1.51. The lowest BCUT2D eigenvalue weighted by atomic mass is 9.78. The minimum absolute atomic E-state index is 0.134. The Morgan fingerprint density at radius 3 is 2.42 bits per heavy atom. The first-order valence-electron chi connectivity index (χ1n) is 8.80. The fourth-order valence-electron chi connectivity index (χ4n) is 1.65. The van der Waals surface area contributed by atoms with Gasteiger partial charge in [-0.05, 0) is 51.3 Å². The zero-order valence-corrected chi connectivity index (χ0v) is 11.2. The van der Waals surface area contributed by atoms with Crippen LogP contribution in [0, 0.1) is 11.3 Å². The van der Waals surface area contributed by atoms with Crippen LogP contribution in [0.5, 0.6) is 5.75 Å². The van der Waals surface area contributed by atoms with Crippen molar-refractivity contribution in [1.29, 1.82) is 5.26 Å². The van der Waals surface area contributed by atoms with Crippen LogP contribution in [-0.2, 0) is 9.31 Å². The van der Waals surface area contributed by atoms with Gasteiger partial charge in [0.15, 0.2) is 0 Å². The van der Waals surface area contributed by atoms with Crippen LogP contribution >= 0.6 is 0 Å². The van der Waals surface area contributed by atoms with Crippen LogP contribution in [0.25, 0.3) is 0 Å². The molecule has 1 heterocycles. The van der Waals surface area contributed by atoms with Crippen molar-refractivity contribution in [1.82, 2.24) is 0 Å². The van der Waals surface area contributed by atoms with E-state index in [1.54, 1.807) is 33.8 Å². The van der Waals surface area contributed by atoms with E-state index in [2.05, 4.69) is 0 Å².